The van der Waals surface area contributed by atoms with Crippen molar-refractivity contribution in [2.24, 2.45) is 5.92 Å². The van der Waals surface area contributed by atoms with Crippen molar-refractivity contribution < 1.29 is 14.7 Å². The maximum absolute atomic E-state index is 11.7. The van der Waals surface area contributed by atoms with E-state index in [1.54, 1.807) is 12.1 Å². The third kappa shape index (κ3) is 1.97. The molecular formula is C10H18N2O3. The van der Waals surface area contributed by atoms with E-state index in [1.807, 2.05) is 20.8 Å². The third-order valence-corrected chi connectivity index (χ3v) is 3.43. The third-order valence-electron chi connectivity index (χ3n) is 3.43. The Kier molecular flexibility index (Phi) is 3.04. The summed E-state index contributed by atoms with van der Waals surface area (Å²) in [5.74, 6) is -0.801. The second-order valence-electron chi connectivity index (χ2n) is 4.56. The van der Waals surface area contributed by atoms with Crippen LogP contribution in [-0.4, -0.2) is 46.1 Å². The van der Waals surface area contributed by atoms with Gasteiger partial charge in [-0.3, -0.25) is 14.6 Å². The SMILES string of the molecule is CC(C)C1(C)CC(=O)N(CC(=O)O)N1C. The molecule has 5 nitrogen and oxygen atoms in total. The quantitative estimate of drug-likeness (QED) is 0.746. The fourth-order valence-electron chi connectivity index (χ4n) is 1.86. The van der Waals surface area contributed by atoms with Crippen LogP contribution >= 0.6 is 0 Å². The van der Waals surface area contributed by atoms with E-state index in [0.717, 1.165) is 0 Å². The Morgan fingerprint density at radius 1 is 1.60 bits per heavy atom. The summed E-state index contributed by atoms with van der Waals surface area (Å²) >= 11 is 0. The minimum atomic E-state index is -0.983. The molecule has 15 heavy (non-hydrogen) atoms. The van der Waals surface area contributed by atoms with Crippen molar-refractivity contribution in [3.05, 3.63) is 0 Å². The van der Waals surface area contributed by atoms with Crippen molar-refractivity contribution in [2.75, 3.05) is 13.6 Å². The monoisotopic (exact) mass is 214 g/mol. The zero-order valence-corrected chi connectivity index (χ0v) is 9.65. The molecule has 1 amide bonds. The second-order valence-corrected chi connectivity index (χ2v) is 4.56. The van der Waals surface area contributed by atoms with Gasteiger partial charge >= 0.3 is 5.97 Å². The Morgan fingerprint density at radius 3 is 2.47 bits per heavy atom. The highest BCUT2D eigenvalue weighted by atomic mass is 16.4. The van der Waals surface area contributed by atoms with Gasteiger partial charge in [0.05, 0.1) is 0 Å². The molecule has 1 heterocycles. The molecule has 0 bridgehead atoms. The molecule has 0 aliphatic carbocycles. The molecule has 1 aliphatic rings. The van der Waals surface area contributed by atoms with Gasteiger partial charge in [-0.25, -0.2) is 5.01 Å². The normalized spacial score (nSPS) is 27.8. The minimum Gasteiger partial charge on any atom is -0.480 e. The zero-order valence-electron chi connectivity index (χ0n) is 9.65. The van der Waals surface area contributed by atoms with Crippen molar-refractivity contribution in [2.45, 2.75) is 32.7 Å². The van der Waals surface area contributed by atoms with E-state index in [4.69, 9.17) is 5.11 Å². The van der Waals surface area contributed by atoms with Gasteiger partial charge in [0.1, 0.15) is 6.54 Å². The summed E-state index contributed by atoms with van der Waals surface area (Å²) in [7, 11) is 1.77. The standard InChI is InChI=1S/C10H18N2O3/c1-7(2)10(3)5-8(13)12(11(10)4)6-9(14)15/h7H,5-6H2,1-4H3,(H,14,15). The van der Waals surface area contributed by atoms with Crippen LogP contribution in [0.2, 0.25) is 0 Å². The molecule has 1 saturated heterocycles. The largest absolute Gasteiger partial charge is 0.480 e. The molecule has 1 fully saturated rings. The fraction of sp³-hybridized carbons (Fsp3) is 0.800. The van der Waals surface area contributed by atoms with Crippen LogP contribution in [-0.2, 0) is 9.59 Å². The number of carbonyl (C=O) groups is 2. The van der Waals surface area contributed by atoms with Crippen molar-refractivity contribution in [3.8, 4) is 0 Å². The van der Waals surface area contributed by atoms with Gasteiger partial charge < -0.3 is 5.11 Å². The molecule has 1 aliphatic heterocycles. The van der Waals surface area contributed by atoms with Crippen LogP contribution in [0.1, 0.15) is 27.2 Å². The van der Waals surface area contributed by atoms with Crippen molar-refractivity contribution in [3.63, 3.8) is 0 Å². The molecular weight excluding hydrogens is 196 g/mol. The predicted octanol–water partition coefficient (Wildman–Crippen LogP) is 0.565. The fourth-order valence-corrected chi connectivity index (χ4v) is 1.86. The number of carbonyl (C=O) groups excluding carboxylic acids is 1. The highest BCUT2D eigenvalue weighted by Crippen LogP contribution is 2.34. The first-order valence-electron chi connectivity index (χ1n) is 5.05. The van der Waals surface area contributed by atoms with Crippen molar-refractivity contribution in [1.29, 1.82) is 0 Å². The lowest BCUT2D eigenvalue weighted by atomic mass is 9.86. The first-order valence-corrected chi connectivity index (χ1v) is 5.05. The lowest BCUT2D eigenvalue weighted by Crippen LogP contribution is -2.50. The smallest absolute Gasteiger partial charge is 0.324 e. The maximum atomic E-state index is 11.7. The molecule has 0 aromatic carbocycles. The van der Waals surface area contributed by atoms with E-state index in [9.17, 15) is 9.59 Å². The zero-order chi connectivity index (χ0) is 11.8. The second kappa shape index (κ2) is 3.81. The molecule has 1 rings (SSSR count). The van der Waals surface area contributed by atoms with Crippen LogP contribution in [0, 0.1) is 5.92 Å². The van der Waals surface area contributed by atoms with Gasteiger partial charge in [-0.2, -0.15) is 0 Å². The van der Waals surface area contributed by atoms with E-state index in [-0.39, 0.29) is 18.0 Å². The van der Waals surface area contributed by atoms with E-state index in [0.29, 0.717) is 12.3 Å². The number of hydrogen-bond acceptors (Lipinski definition) is 3. The molecule has 0 aromatic heterocycles. The van der Waals surface area contributed by atoms with Crippen LogP contribution in [0.3, 0.4) is 0 Å². The average molecular weight is 214 g/mol. The van der Waals surface area contributed by atoms with Crippen LogP contribution in [0.5, 0.6) is 0 Å². The highest BCUT2D eigenvalue weighted by Gasteiger charge is 2.46. The lowest BCUT2D eigenvalue weighted by molar-refractivity contribution is -0.153. The number of carboxylic acid groups (broad SMARTS) is 1. The van der Waals surface area contributed by atoms with E-state index >= 15 is 0 Å². The molecule has 0 aromatic rings. The lowest BCUT2D eigenvalue weighted by Gasteiger charge is -2.38. The number of hydrogen-bond donors (Lipinski definition) is 1. The Morgan fingerprint density at radius 2 is 2.13 bits per heavy atom. The summed E-state index contributed by atoms with van der Waals surface area (Å²) in [4.78, 5) is 22.3. The summed E-state index contributed by atoms with van der Waals surface area (Å²) < 4.78 is 0. The molecule has 5 heteroatoms. The van der Waals surface area contributed by atoms with Gasteiger partial charge in [0, 0.05) is 19.0 Å². The van der Waals surface area contributed by atoms with Gasteiger partial charge in [0.25, 0.3) is 0 Å². The van der Waals surface area contributed by atoms with Crippen LogP contribution in [0.25, 0.3) is 0 Å². The van der Waals surface area contributed by atoms with E-state index < -0.39 is 5.97 Å². The first-order chi connectivity index (χ1) is 6.79. The molecule has 0 radical (unpaired) electrons. The molecule has 1 N–H and O–H groups in total. The molecule has 1 atom stereocenters. The number of amides is 1. The maximum Gasteiger partial charge on any atom is 0.324 e. The number of nitrogens with zero attached hydrogens (tertiary/aromatic N) is 2. The number of aliphatic carboxylic acids is 1. The molecule has 0 saturated carbocycles. The van der Waals surface area contributed by atoms with E-state index in [1.165, 1.54) is 5.01 Å². The summed E-state index contributed by atoms with van der Waals surface area (Å²) in [5.41, 5.74) is -0.271. The van der Waals surface area contributed by atoms with Crippen LogP contribution < -0.4 is 0 Å². The Labute approximate surface area is 89.6 Å². The van der Waals surface area contributed by atoms with Crippen LogP contribution in [0.4, 0.5) is 0 Å². The highest BCUT2D eigenvalue weighted by molar-refractivity contribution is 5.83. The Hall–Kier alpha value is -1.10. The number of rotatable bonds is 3. The topological polar surface area (TPSA) is 60.9 Å². The average Bonchev–Trinajstić information content (AvgIpc) is 2.30. The first kappa shape index (κ1) is 12.0. The van der Waals surface area contributed by atoms with Gasteiger partial charge in [-0.15, -0.1) is 0 Å². The number of carboxylic acids is 1. The predicted molar refractivity (Wildman–Crippen MR) is 55.0 cm³/mol. The minimum absolute atomic E-state index is 0.115. The Balaban J connectivity index is 2.87. The van der Waals surface area contributed by atoms with Gasteiger partial charge in [-0.05, 0) is 12.8 Å². The Bertz CT molecular complexity index is 290. The van der Waals surface area contributed by atoms with Gasteiger partial charge in [0.15, 0.2) is 0 Å². The molecule has 0 spiro atoms. The number of hydrazine groups is 1. The molecule has 86 valence electrons. The summed E-state index contributed by atoms with van der Waals surface area (Å²) in [6.45, 7) is 5.80. The van der Waals surface area contributed by atoms with E-state index in [2.05, 4.69) is 0 Å². The summed E-state index contributed by atoms with van der Waals surface area (Å²) in [5, 5.41) is 11.8. The van der Waals surface area contributed by atoms with Gasteiger partial charge in [0.2, 0.25) is 5.91 Å². The molecule has 1 unspecified atom stereocenters. The summed E-state index contributed by atoms with van der Waals surface area (Å²) in [6.07, 6.45) is 0.383. The summed E-state index contributed by atoms with van der Waals surface area (Å²) in [6, 6.07) is 0. The van der Waals surface area contributed by atoms with Gasteiger partial charge in [-0.1, -0.05) is 13.8 Å². The van der Waals surface area contributed by atoms with Crippen molar-refractivity contribution >= 4 is 11.9 Å². The van der Waals surface area contributed by atoms with Crippen LogP contribution in [0.15, 0.2) is 0 Å². The van der Waals surface area contributed by atoms with Crippen molar-refractivity contribution in [1.82, 2.24) is 10.0 Å².